The fourth-order valence-corrected chi connectivity index (χ4v) is 7.00. The first kappa shape index (κ1) is 25.6. The van der Waals surface area contributed by atoms with Crippen molar-refractivity contribution in [1.82, 2.24) is 14.4 Å². The van der Waals surface area contributed by atoms with Crippen LogP contribution in [0.4, 0.5) is 4.39 Å². The molecule has 6 heteroatoms. The van der Waals surface area contributed by atoms with Crippen LogP contribution < -0.4 is 0 Å². The Labute approximate surface area is 225 Å². The minimum absolute atomic E-state index is 0.159. The predicted molar refractivity (Wildman–Crippen MR) is 149 cm³/mol. The molecule has 0 bridgehead atoms. The summed E-state index contributed by atoms with van der Waals surface area (Å²) in [6.07, 6.45) is 7.90. The molecule has 3 fully saturated rings. The van der Waals surface area contributed by atoms with Gasteiger partial charge in [-0.15, -0.1) is 0 Å². The van der Waals surface area contributed by atoms with Crippen molar-refractivity contribution >= 4 is 16.8 Å². The van der Waals surface area contributed by atoms with Crippen LogP contribution >= 0.6 is 0 Å². The van der Waals surface area contributed by atoms with Gasteiger partial charge in [0.25, 0.3) is 5.91 Å². The highest BCUT2D eigenvalue weighted by molar-refractivity contribution is 6.06. The fraction of sp³-hybridized carbons (Fsp3) is 0.531. The highest BCUT2D eigenvalue weighted by Gasteiger charge is 2.44. The van der Waals surface area contributed by atoms with Crippen LogP contribution in [0, 0.1) is 23.6 Å². The average molecular weight is 518 g/mol. The van der Waals surface area contributed by atoms with Crippen molar-refractivity contribution < 1.29 is 13.9 Å². The molecule has 1 aromatic heterocycles. The van der Waals surface area contributed by atoms with E-state index in [-0.39, 0.29) is 11.7 Å². The number of benzene rings is 2. The molecule has 2 atom stereocenters. The van der Waals surface area contributed by atoms with E-state index in [2.05, 4.69) is 32.7 Å². The smallest absolute Gasteiger partial charge is 0.256 e. The molecule has 3 aliphatic rings. The Morgan fingerprint density at radius 2 is 1.79 bits per heavy atom. The van der Waals surface area contributed by atoms with Gasteiger partial charge in [-0.25, -0.2) is 4.39 Å². The molecule has 202 valence electrons. The molecule has 3 heterocycles. The first-order valence-electron chi connectivity index (χ1n) is 14.4. The summed E-state index contributed by atoms with van der Waals surface area (Å²) >= 11 is 0. The van der Waals surface area contributed by atoms with Crippen LogP contribution in [0.2, 0.25) is 0 Å². The number of amides is 1. The lowest BCUT2D eigenvalue weighted by Crippen LogP contribution is -2.39. The number of carbonyl (C=O) groups is 1. The van der Waals surface area contributed by atoms with Gasteiger partial charge in [0, 0.05) is 51.5 Å². The maximum atomic E-state index is 13.9. The van der Waals surface area contributed by atoms with Gasteiger partial charge in [-0.3, -0.25) is 4.79 Å². The number of nitrogens with zero attached hydrogens (tertiary/aromatic N) is 3. The summed E-state index contributed by atoms with van der Waals surface area (Å²) in [5.41, 5.74) is 3.16. The number of rotatable bonds is 9. The van der Waals surface area contributed by atoms with Crippen LogP contribution in [-0.4, -0.2) is 66.7 Å². The van der Waals surface area contributed by atoms with Crippen LogP contribution in [0.25, 0.3) is 10.9 Å². The number of fused-ring (bicyclic) bond motifs is 1. The number of hydrogen-bond acceptors (Lipinski definition) is 3. The van der Waals surface area contributed by atoms with Crippen molar-refractivity contribution in [3.8, 4) is 0 Å². The normalized spacial score (nSPS) is 22.9. The molecule has 0 radical (unpaired) electrons. The van der Waals surface area contributed by atoms with Crippen LogP contribution in [0.15, 0.2) is 54.7 Å². The summed E-state index contributed by atoms with van der Waals surface area (Å²) in [6.45, 7) is 6.56. The number of halogens is 1. The maximum absolute atomic E-state index is 13.9. The minimum atomic E-state index is -0.159. The quantitative estimate of drug-likeness (QED) is 0.337. The van der Waals surface area contributed by atoms with Crippen LogP contribution in [0.3, 0.4) is 0 Å². The number of piperidine rings is 1. The average Bonchev–Trinajstić information content (AvgIpc) is 3.57. The zero-order chi connectivity index (χ0) is 26.1. The van der Waals surface area contributed by atoms with Crippen molar-refractivity contribution in [3.63, 3.8) is 0 Å². The molecule has 1 aliphatic carbocycles. The minimum Gasteiger partial charge on any atom is -0.385 e. The third-order valence-electron chi connectivity index (χ3n) is 9.19. The van der Waals surface area contributed by atoms with Gasteiger partial charge in [0.2, 0.25) is 0 Å². The van der Waals surface area contributed by atoms with E-state index in [1.807, 2.05) is 24.3 Å². The number of para-hydroxylation sites is 1. The molecule has 0 N–H and O–H groups in total. The molecule has 0 unspecified atom stereocenters. The van der Waals surface area contributed by atoms with Gasteiger partial charge in [-0.2, -0.15) is 0 Å². The predicted octanol–water partition coefficient (Wildman–Crippen LogP) is 5.79. The molecule has 0 spiro atoms. The molecule has 1 saturated carbocycles. The van der Waals surface area contributed by atoms with E-state index in [0.717, 1.165) is 80.9 Å². The molecule has 38 heavy (non-hydrogen) atoms. The fourth-order valence-electron chi connectivity index (χ4n) is 7.00. The molecular weight excluding hydrogens is 477 g/mol. The van der Waals surface area contributed by atoms with E-state index < -0.39 is 0 Å². The lowest BCUT2D eigenvalue weighted by molar-refractivity contribution is 0.0781. The van der Waals surface area contributed by atoms with Crippen molar-refractivity contribution in [2.45, 2.75) is 44.6 Å². The van der Waals surface area contributed by atoms with Gasteiger partial charge in [0.05, 0.1) is 11.1 Å². The topological polar surface area (TPSA) is 37.7 Å². The van der Waals surface area contributed by atoms with E-state index in [4.69, 9.17) is 4.74 Å². The van der Waals surface area contributed by atoms with Crippen molar-refractivity contribution in [2.24, 2.45) is 17.8 Å². The first-order chi connectivity index (χ1) is 18.6. The standard InChI is InChI=1S/C32H40FN3O2/c1-38-19-3-15-35-18-14-26-4-2-5-29(31(26)35)32(37)36-21-27(30(22-36)25-6-7-25)20-34-16-12-24(13-17-34)23-8-10-28(33)11-9-23/h2,4-5,8-11,14,18,24-25,27,30H,3,6-7,12-13,15-17,19-22H2,1H3/t27-,30+/m1/s1. The van der Waals surface area contributed by atoms with Crippen molar-refractivity contribution in [3.05, 3.63) is 71.7 Å². The summed E-state index contributed by atoms with van der Waals surface area (Å²) in [4.78, 5) is 18.7. The molecule has 2 saturated heterocycles. The zero-order valence-electron chi connectivity index (χ0n) is 22.5. The molecular formula is C32H40FN3O2. The Morgan fingerprint density at radius 1 is 1.00 bits per heavy atom. The highest BCUT2D eigenvalue weighted by atomic mass is 19.1. The molecule has 3 aromatic rings. The Balaban J connectivity index is 1.12. The number of likely N-dealkylation sites (tertiary alicyclic amines) is 2. The van der Waals surface area contributed by atoms with Crippen molar-refractivity contribution in [1.29, 1.82) is 0 Å². The summed E-state index contributed by atoms with van der Waals surface area (Å²) in [7, 11) is 1.73. The molecule has 6 rings (SSSR count). The summed E-state index contributed by atoms with van der Waals surface area (Å²) in [6, 6.07) is 15.3. The molecule has 2 aromatic carbocycles. The van der Waals surface area contributed by atoms with Gasteiger partial charge in [-0.05, 0) is 98.7 Å². The molecule has 1 amide bonds. The maximum Gasteiger partial charge on any atom is 0.256 e. The lowest BCUT2D eigenvalue weighted by atomic mass is 9.87. The number of carbonyl (C=O) groups excluding carboxylic acids is 1. The second kappa shape index (κ2) is 11.2. The van der Waals surface area contributed by atoms with E-state index in [1.54, 1.807) is 19.2 Å². The Kier molecular flexibility index (Phi) is 7.53. The van der Waals surface area contributed by atoms with Crippen LogP contribution in [0.1, 0.15) is 53.9 Å². The van der Waals surface area contributed by atoms with Gasteiger partial charge >= 0.3 is 0 Å². The van der Waals surface area contributed by atoms with Crippen LogP contribution in [0.5, 0.6) is 0 Å². The van der Waals surface area contributed by atoms with Crippen LogP contribution in [-0.2, 0) is 11.3 Å². The number of aromatic nitrogens is 1. The Morgan fingerprint density at radius 3 is 2.53 bits per heavy atom. The summed E-state index contributed by atoms with van der Waals surface area (Å²) in [5, 5.41) is 1.13. The second-order valence-corrected chi connectivity index (χ2v) is 11.7. The van der Waals surface area contributed by atoms with Gasteiger partial charge in [0.1, 0.15) is 5.82 Å². The highest BCUT2D eigenvalue weighted by Crippen LogP contribution is 2.45. The largest absolute Gasteiger partial charge is 0.385 e. The van der Waals surface area contributed by atoms with E-state index >= 15 is 0 Å². The summed E-state index contributed by atoms with van der Waals surface area (Å²) < 4.78 is 20.8. The summed E-state index contributed by atoms with van der Waals surface area (Å²) in [5.74, 6) is 2.48. The van der Waals surface area contributed by atoms with Crippen molar-refractivity contribution in [2.75, 3.05) is 46.4 Å². The lowest BCUT2D eigenvalue weighted by Gasteiger charge is -2.34. The van der Waals surface area contributed by atoms with E-state index in [9.17, 15) is 9.18 Å². The number of methoxy groups -OCH3 is 1. The number of aryl methyl sites for hydroxylation is 1. The Bertz CT molecular complexity index is 1240. The van der Waals surface area contributed by atoms with Gasteiger partial charge < -0.3 is 19.1 Å². The molecule has 2 aliphatic heterocycles. The Hall–Kier alpha value is -2.70. The molecule has 5 nitrogen and oxygen atoms in total. The first-order valence-corrected chi connectivity index (χ1v) is 14.4. The third kappa shape index (κ3) is 5.39. The number of hydrogen-bond donors (Lipinski definition) is 0. The SMILES string of the molecule is COCCCn1ccc2cccc(C(=O)N3C[C@@H](CN4CCC(c5ccc(F)cc5)CC4)[C@H](C4CC4)C3)c21. The van der Waals surface area contributed by atoms with Gasteiger partial charge in [0.15, 0.2) is 0 Å². The zero-order valence-corrected chi connectivity index (χ0v) is 22.5. The van der Waals surface area contributed by atoms with Gasteiger partial charge in [-0.1, -0.05) is 24.3 Å². The van der Waals surface area contributed by atoms with E-state index in [0.29, 0.717) is 24.4 Å². The monoisotopic (exact) mass is 517 g/mol. The second-order valence-electron chi connectivity index (χ2n) is 11.7. The third-order valence-corrected chi connectivity index (χ3v) is 9.19. The van der Waals surface area contributed by atoms with E-state index in [1.165, 1.54) is 18.4 Å². The number of ether oxygens (including phenoxy) is 1.